The molecule has 0 saturated heterocycles. The van der Waals surface area contributed by atoms with E-state index in [-0.39, 0.29) is 0 Å². The summed E-state index contributed by atoms with van der Waals surface area (Å²) in [6, 6.07) is 7.98. The van der Waals surface area contributed by atoms with Crippen molar-refractivity contribution in [3.8, 4) is 11.1 Å². The third-order valence-electron chi connectivity index (χ3n) is 2.56. The molecule has 3 heterocycles. The maximum absolute atomic E-state index is 5.83. The normalized spacial score (nSPS) is 10.8. The predicted octanol–water partition coefficient (Wildman–Crippen LogP) is 1.98. The highest BCUT2D eigenvalue weighted by atomic mass is 15.2. The van der Waals surface area contributed by atoms with Crippen molar-refractivity contribution in [1.29, 1.82) is 0 Å². The van der Waals surface area contributed by atoms with Gasteiger partial charge in [0.2, 0.25) is 0 Å². The number of hydrogen-bond donors (Lipinski definition) is 1. The molecular weight excluding hydrogens is 200 g/mol. The van der Waals surface area contributed by atoms with Gasteiger partial charge in [0.1, 0.15) is 0 Å². The van der Waals surface area contributed by atoms with Crippen LogP contribution in [0, 0.1) is 0 Å². The molecular formula is C12H10N4. The lowest BCUT2D eigenvalue weighted by Crippen LogP contribution is -1.88. The van der Waals surface area contributed by atoms with Gasteiger partial charge in [-0.15, -0.1) is 0 Å². The van der Waals surface area contributed by atoms with Gasteiger partial charge in [0, 0.05) is 18.6 Å². The molecule has 3 aromatic heterocycles. The van der Waals surface area contributed by atoms with Crippen LogP contribution in [0.25, 0.3) is 16.6 Å². The fourth-order valence-corrected chi connectivity index (χ4v) is 1.72. The summed E-state index contributed by atoms with van der Waals surface area (Å²) < 4.78 is 1.76. The summed E-state index contributed by atoms with van der Waals surface area (Å²) in [4.78, 5) is 4.00. The molecule has 4 nitrogen and oxygen atoms in total. The molecule has 0 radical (unpaired) electrons. The van der Waals surface area contributed by atoms with Crippen molar-refractivity contribution in [2.75, 3.05) is 5.73 Å². The molecule has 78 valence electrons. The Balaban J connectivity index is 2.22. The van der Waals surface area contributed by atoms with E-state index in [1.54, 1.807) is 23.1 Å². The van der Waals surface area contributed by atoms with Crippen LogP contribution in [0.3, 0.4) is 0 Å². The van der Waals surface area contributed by atoms with Crippen molar-refractivity contribution in [2.45, 2.75) is 0 Å². The summed E-state index contributed by atoms with van der Waals surface area (Å²) in [7, 11) is 0. The topological polar surface area (TPSA) is 56.2 Å². The van der Waals surface area contributed by atoms with Gasteiger partial charge in [0.25, 0.3) is 0 Å². The van der Waals surface area contributed by atoms with Gasteiger partial charge in [-0.3, -0.25) is 4.98 Å². The average Bonchev–Trinajstić information content (AvgIpc) is 2.72. The number of nitrogen functional groups attached to an aromatic ring is 1. The second kappa shape index (κ2) is 3.34. The van der Waals surface area contributed by atoms with Crippen LogP contribution in [0.1, 0.15) is 0 Å². The molecule has 0 saturated carbocycles. The number of nitrogens with two attached hydrogens (primary N) is 1. The lowest BCUT2D eigenvalue weighted by molar-refractivity contribution is 0.962. The van der Waals surface area contributed by atoms with Crippen LogP contribution in [-0.2, 0) is 0 Å². The first kappa shape index (κ1) is 8.91. The van der Waals surface area contributed by atoms with E-state index >= 15 is 0 Å². The second-order valence-corrected chi connectivity index (χ2v) is 3.58. The quantitative estimate of drug-likeness (QED) is 0.668. The molecule has 0 aliphatic carbocycles. The van der Waals surface area contributed by atoms with Crippen molar-refractivity contribution in [1.82, 2.24) is 14.6 Å². The van der Waals surface area contributed by atoms with Crippen LogP contribution >= 0.6 is 0 Å². The highest BCUT2D eigenvalue weighted by Gasteiger charge is 2.02. The van der Waals surface area contributed by atoms with E-state index in [0.717, 1.165) is 16.6 Å². The average molecular weight is 210 g/mol. The number of rotatable bonds is 1. The van der Waals surface area contributed by atoms with Crippen LogP contribution in [0.15, 0.2) is 49.1 Å². The maximum atomic E-state index is 5.83. The summed E-state index contributed by atoms with van der Waals surface area (Å²) in [6.07, 6.45) is 7.12. The summed E-state index contributed by atoms with van der Waals surface area (Å²) in [5, 5.41) is 4.13. The molecule has 0 spiro atoms. The number of aromatic nitrogens is 3. The van der Waals surface area contributed by atoms with Crippen molar-refractivity contribution >= 4 is 11.2 Å². The zero-order chi connectivity index (χ0) is 11.0. The standard InChI is InChI=1S/C12H10N4/c13-11-8-15-16-6-3-10(7-12(11)16)9-1-4-14-5-2-9/h1-8H,13H2. The summed E-state index contributed by atoms with van der Waals surface area (Å²) in [5.41, 5.74) is 9.68. The van der Waals surface area contributed by atoms with Crippen LogP contribution in [0.5, 0.6) is 0 Å². The Morgan fingerprint density at radius 1 is 1.06 bits per heavy atom. The molecule has 0 aliphatic heterocycles. The maximum Gasteiger partial charge on any atom is 0.0897 e. The Hall–Kier alpha value is -2.36. The molecule has 0 unspecified atom stereocenters. The molecule has 0 fully saturated rings. The van der Waals surface area contributed by atoms with Gasteiger partial charge in [-0.25, -0.2) is 4.52 Å². The first-order valence-electron chi connectivity index (χ1n) is 4.98. The smallest absolute Gasteiger partial charge is 0.0897 e. The Kier molecular flexibility index (Phi) is 1.86. The molecule has 0 aliphatic rings. The summed E-state index contributed by atoms with van der Waals surface area (Å²) >= 11 is 0. The van der Waals surface area contributed by atoms with Gasteiger partial charge in [-0.2, -0.15) is 5.10 Å². The number of anilines is 1. The minimum Gasteiger partial charge on any atom is -0.396 e. The van der Waals surface area contributed by atoms with Crippen LogP contribution < -0.4 is 5.73 Å². The molecule has 4 heteroatoms. The molecule has 16 heavy (non-hydrogen) atoms. The molecule has 0 bridgehead atoms. The van der Waals surface area contributed by atoms with Gasteiger partial charge < -0.3 is 5.73 Å². The monoisotopic (exact) mass is 210 g/mol. The van der Waals surface area contributed by atoms with Crippen LogP contribution in [0.2, 0.25) is 0 Å². The van der Waals surface area contributed by atoms with E-state index in [2.05, 4.69) is 10.1 Å². The van der Waals surface area contributed by atoms with E-state index < -0.39 is 0 Å². The van der Waals surface area contributed by atoms with E-state index in [1.807, 2.05) is 30.5 Å². The van der Waals surface area contributed by atoms with E-state index in [9.17, 15) is 0 Å². The Morgan fingerprint density at radius 3 is 2.69 bits per heavy atom. The predicted molar refractivity (Wildman–Crippen MR) is 62.8 cm³/mol. The fourth-order valence-electron chi connectivity index (χ4n) is 1.72. The van der Waals surface area contributed by atoms with Crippen LogP contribution in [0.4, 0.5) is 5.69 Å². The van der Waals surface area contributed by atoms with Gasteiger partial charge in [-0.05, 0) is 35.4 Å². The Bertz CT molecular complexity index is 628. The van der Waals surface area contributed by atoms with Gasteiger partial charge in [-0.1, -0.05) is 0 Å². The molecule has 0 amide bonds. The Morgan fingerprint density at radius 2 is 1.88 bits per heavy atom. The molecule has 0 aromatic carbocycles. The fraction of sp³-hybridized carbons (Fsp3) is 0. The van der Waals surface area contributed by atoms with Crippen molar-refractivity contribution in [3.63, 3.8) is 0 Å². The lowest BCUT2D eigenvalue weighted by atomic mass is 10.1. The first-order valence-corrected chi connectivity index (χ1v) is 4.98. The van der Waals surface area contributed by atoms with Gasteiger partial charge in [0.15, 0.2) is 0 Å². The highest BCUT2D eigenvalue weighted by molar-refractivity contribution is 5.76. The zero-order valence-corrected chi connectivity index (χ0v) is 8.54. The van der Waals surface area contributed by atoms with E-state index in [1.165, 1.54) is 0 Å². The number of nitrogens with zero attached hydrogens (tertiary/aromatic N) is 3. The SMILES string of the molecule is Nc1cnn2ccc(-c3ccncc3)cc12. The highest BCUT2D eigenvalue weighted by Crippen LogP contribution is 2.22. The molecule has 3 aromatic rings. The molecule has 0 atom stereocenters. The van der Waals surface area contributed by atoms with E-state index in [4.69, 9.17) is 5.73 Å². The third-order valence-corrected chi connectivity index (χ3v) is 2.56. The Labute approximate surface area is 92.4 Å². The summed E-state index contributed by atoms with van der Waals surface area (Å²) in [6.45, 7) is 0. The molecule has 3 rings (SSSR count). The lowest BCUT2D eigenvalue weighted by Gasteiger charge is -2.02. The summed E-state index contributed by atoms with van der Waals surface area (Å²) in [5.74, 6) is 0. The van der Waals surface area contributed by atoms with Crippen molar-refractivity contribution < 1.29 is 0 Å². The largest absolute Gasteiger partial charge is 0.396 e. The minimum absolute atomic E-state index is 0.691. The number of hydrogen-bond acceptors (Lipinski definition) is 3. The second-order valence-electron chi connectivity index (χ2n) is 3.58. The third kappa shape index (κ3) is 1.32. The van der Waals surface area contributed by atoms with Crippen molar-refractivity contribution in [3.05, 3.63) is 49.1 Å². The first-order chi connectivity index (χ1) is 7.84. The van der Waals surface area contributed by atoms with Crippen molar-refractivity contribution in [2.24, 2.45) is 0 Å². The number of fused-ring (bicyclic) bond motifs is 1. The van der Waals surface area contributed by atoms with Gasteiger partial charge in [0.05, 0.1) is 17.4 Å². The minimum atomic E-state index is 0.691. The number of pyridine rings is 2. The van der Waals surface area contributed by atoms with E-state index in [0.29, 0.717) is 5.69 Å². The van der Waals surface area contributed by atoms with Crippen LogP contribution in [-0.4, -0.2) is 14.6 Å². The molecule has 2 N–H and O–H groups in total. The zero-order valence-electron chi connectivity index (χ0n) is 8.54. The van der Waals surface area contributed by atoms with Gasteiger partial charge >= 0.3 is 0 Å².